The summed E-state index contributed by atoms with van der Waals surface area (Å²) in [4.78, 5) is 8.66. The van der Waals surface area contributed by atoms with Crippen molar-refractivity contribution >= 4 is 50.8 Å². The molecule has 7 heteroatoms. The van der Waals surface area contributed by atoms with Crippen molar-refractivity contribution in [3.05, 3.63) is 74.2 Å². The van der Waals surface area contributed by atoms with Gasteiger partial charge in [0, 0.05) is 6.61 Å². The molecule has 1 aliphatic carbocycles. The van der Waals surface area contributed by atoms with E-state index >= 15 is 0 Å². The Balaban J connectivity index is -0.0000000798. The van der Waals surface area contributed by atoms with Crippen molar-refractivity contribution in [2.45, 2.75) is 33.0 Å². The van der Waals surface area contributed by atoms with Crippen molar-refractivity contribution in [1.29, 1.82) is 0 Å². The van der Waals surface area contributed by atoms with E-state index in [-0.39, 0.29) is 38.8 Å². The number of hydrogen-bond donors (Lipinski definition) is 2. The van der Waals surface area contributed by atoms with E-state index in [0.29, 0.717) is 0 Å². The first kappa shape index (κ1) is 37.8. The molecule has 3 rings (SSSR count). The van der Waals surface area contributed by atoms with Gasteiger partial charge in [0.05, 0.1) is 0 Å². The second-order valence-electron chi connectivity index (χ2n) is 5.64. The molecule has 2 radical (unpaired) electrons. The van der Waals surface area contributed by atoms with E-state index in [1.54, 1.807) is 6.92 Å². The molecule has 0 aromatic heterocycles. The average molecular weight is 524 g/mol. The van der Waals surface area contributed by atoms with Crippen molar-refractivity contribution < 1.29 is 33.2 Å². The summed E-state index contributed by atoms with van der Waals surface area (Å²) in [6, 6.07) is 14.7. The summed E-state index contributed by atoms with van der Waals surface area (Å²) in [5.74, 6) is 0. The molecule has 0 unspecified atom stereocenters. The molecule has 2 N–H and O–H groups in total. The van der Waals surface area contributed by atoms with Crippen molar-refractivity contribution in [3.8, 4) is 0 Å². The molecular formula is C20H33Cl2O2Si2Zr-3. The number of hydrogen-bond acceptors (Lipinski definition) is 2. The maximum absolute atomic E-state index is 8.66. The SMILES string of the molecule is CCO.C[Si](C)(C)O.Cl.Cl.[C-]1=CC=CC1.[CH3-].[Si]=[Zr].c1ccc2[cH-]ccc2c1. The summed E-state index contributed by atoms with van der Waals surface area (Å²) in [6.45, 7) is 10.6. The van der Waals surface area contributed by atoms with Crippen LogP contribution in [0.2, 0.25) is 19.6 Å². The molecule has 2 nitrogen and oxygen atoms in total. The number of aliphatic hydroxyl groups is 1. The summed E-state index contributed by atoms with van der Waals surface area (Å²) >= 11 is 1.36. The Kier molecular flexibility index (Phi) is 36.6. The Bertz CT molecular complexity index is 536. The largest absolute Gasteiger partial charge is 0.168 e. The summed E-state index contributed by atoms with van der Waals surface area (Å²) in [5, 5.41) is 10.2. The van der Waals surface area contributed by atoms with Gasteiger partial charge in [0.25, 0.3) is 0 Å². The van der Waals surface area contributed by atoms with E-state index in [4.69, 9.17) is 9.90 Å². The van der Waals surface area contributed by atoms with Crippen LogP contribution in [0.4, 0.5) is 0 Å². The third kappa shape index (κ3) is 31.1. The fourth-order valence-electron chi connectivity index (χ4n) is 1.41. The first-order valence-electron chi connectivity index (χ1n) is 7.79. The van der Waals surface area contributed by atoms with E-state index in [9.17, 15) is 0 Å². The molecule has 0 bridgehead atoms. The molecule has 0 heterocycles. The van der Waals surface area contributed by atoms with Gasteiger partial charge in [-0.05, 0) is 26.6 Å². The zero-order valence-electron chi connectivity index (χ0n) is 16.9. The Morgan fingerprint density at radius 3 is 1.96 bits per heavy atom. The number of rotatable bonds is 0. The monoisotopic (exact) mass is 521 g/mol. The molecule has 2 aromatic rings. The molecule has 0 saturated heterocycles. The summed E-state index contributed by atoms with van der Waals surface area (Å²) in [6.07, 6.45) is 10.0. The fraction of sp³-hybridized carbons (Fsp3) is 0.300. The van der Waals surface area contributed by atoms with Gasteiger partial charge in [-0.15, -0.1) is 60.9 Å². The van der Waals surface area contributed by atoms with Gasteiger partial charge >= 0.3 is 30.2 Å². The average Bonchev–Trinajstić information content (AvgIpc) is 3.23. The molecule has 0 fully saturated rings. The Hall–Kier alpha value is 0.127. The molecule has 2 aromatic carbocycles. The zero-order valence-corrected chi connectivity index (χ0v) is 23.0. The minimum Gasteiger partial charge on any atom is -0.168 e. The van der Waals surface area contributed by atoms with Gasteiger partial charge in [-0.2, -0.15) is 23.6 Å². The minimum atomic E-state index is -1.61. The second kappa shape index (κ2) is 26.1. The molecule has 154 valence electrons. The predicted molar refractivity (Wildman–Crippen MR) is 126 cm³/mol. The van der Waals surface area contributed by atoms with Crippen LogP contribution < -0.4 is 0 Å². The first-order valence-corrected chi connectivity index (χ1v) is 15.4. The van der Waals surface area contributed by atoms with Crippen LogP contribution in [0, 0.1) is 13.5 Å². The van der Waals surface area contributed by atoms with Gasteiger partial charge in [0.1, 0.15) is 0 Å². The van der Waals surface area contributed by atoms with Gasteiger partial charge in [-0.1, -0.05) is 6.07 Å². The zero-order chi connectivity index (χ0) is 18.8. The molecule has 0 saturated carbocycles. The Morgan fingerprint density at radius 1 is 1.15 bits per heavy atom. The van der Waals surface area contributed by atoms with Crippen LogP contribution in [-0.2, 0) is 23.3 Å². The maximum atomic E-state index is 8.66. The van der Waals surface area contributed by atoms with E-state index in [1.165, 1.54) is 34.1 Å². The second-order valence-corrected chi connectivity index (χ2v) is 9.99. The number of aliphatic hydroxyl groups excluding tert-OH is 1. The molecule has 0 atom stereocenters. The maximum Gasteiger partial charge on any atom is -0.0809 e. The van der Waals surface area contributed by atoms with Crippen LogP contribution in [0.5, 0.6) is 0 Å². The van der Waals surface area contributed by atoms with Crippen molar-refractivity contribution in [2.24, 2.45) is 0 Å². The number of fused-ring (bicyclic) bond motifs is 1. The van der Waals surface area contributed by atoms with Crippen LogP contribution in [-0.4, -0.2) is 31.7 Å². The van der Waals surface area contributed by atoms with Gasteiger partial charge < -0.3 is 17.3 Å². The first-order chi connectivity index (χ1) is 11.4. The Labute approximate surface area is 196 Å². The minimum absolute atomic E-state index is 0. The standard InChI is InChI=1S/C9H7.C5H5.C3H10OSi.C2H6O.CH3.2ClH.Si.Zr/c1-2-5-9-7-3-6-8(9)4-1;1-2-4-5-3-1;1-5(2,3)4;1-2-3;;;;;/h1-7H;1-3H,4H2;4H,1-3H3;3H,2H2,1H3;1H3;2*1H;;/q2*-1;;;-1;;;;. The van der Waals surface area contributed by atoms with Crippen LogP contribution in [0.1, 0.15) is 13.3 Å². The summed E-state index contributed by atoms with van der Waals surface area (Å²) in [5.41, 5.74) is 0. The van der Waals surface area contributed by atoms with E-state index in [0.717, 1.165) is 6.42 Å². The van der Waals surface area contributed by atoms with Crippen molar-refractivity contribution in [3.63, 3.8) is 0 Å². The molecule has 27 heavy (non-hydrogen) atoms. The normalized spacial score (nSPS) is 9.67. The van der Waals surface area contributed by atoms with E-state index < -0.39 is 8.32 Å². The molecule has 1 aliphatic rings. The van der Waals surface area contributed by atoms with Gasteiger partial charge in [0.15, 0.2) is 8.32 Å². The van der Waals surface area contributed by atoms with Crippen LogP contribution in [0.15, 0.2) is 60.7 Å². The van der Waals surface area contributed by atoms with E-state index in [1.807, 2.05) is 31.8 Å². The van der Waals surface area contributed by atoms with Gasteiger partial charge in [0.2, 0.25) is 0 Å². The Morgan fingerprint density at radius 2 is 1.63 bits per heavy atom. The number of benzene rings is 1. The quantitative estimate of drug-likeness (QED) is 0.349. The van der Waals surface area contributed by atoms with Crippen molar-refractivity contribution in [2.75, 3.05) is 6.61 Å². The molecular weight excluding hydrogens is 491 g/mol. The fourth-order valence-corrected chi connectivity index (χ4v) is 1.41. The van der Waals surface area contributed by atoms with Gasteiger partial charge in [-0.3, -0.25) is 6.08 Å². The number of halogens is 2. The third-order valence-corrected chi connectivity index (χ3v) is 2.13. The summed E-state index contributed by atoms with van der Waals surface area (Å²) < 4.78 is 0. The van der Waals surface area contributed by atoms with Crippen molar-refractivity contribution in [1.82, 2.24) is 0 Å². The van der Waals surface area contributed by atoms with Gasteiger partial charge in [-0.25, -0.2) is 12.2 Å². The molecule has 0 spiro atoms. The summed E-state index contributed by atoms with van der Waals surface area (Å²) in [7, 11) is -1.61. The smallest absolute Gasteiger partial charge is 0.0809 e. The predicted octanol–water partition coefficient (Wildman–Crippen LogP) is 5.59. The molecule has 0 aliphatic heterocycles. The van der Waals surface area contributed by atoms with Crippen LogP contribution in [0.3, 0.4) is 0 Å². The third-order valence-electron chi connectivity index (χ3n) is 2.13. The molecule has 0 amide bonds. The van der Waals surface area contributed by atoms with E-state index in [2.05, 4.69) is 61.5 Å². The topological polar surface area (TPSA) is 40.5 Å². The van der Waals surface area contributed by atoms with Crippen LogP contribution >= 0.6 is 24.8 Å². The number of allylic oxidation sites excluding steroid dienone is 4. The van der Waals surface area contributed by atoms with Crippen LogP contribution in [0.25, 0.3) is 10.8 Å².